The Morgan fingerprint density at radius 1 is 1.17 bits per heavy atom. The van der Waals surface area contributed by atoms with Crippen molar-refractivity contribution in [2.24, 2.45) is 0 Å². The Labute approximate surface area is 210 Å². The van der Waals surface area contributed by atoms with Crippen LogP contribution in [-0.2, 0) is 28.3 Å². The van der Waals surface area contributed by atoms with E-state index in [2.05, 4.69) is 20.8 Å². The van der Waals surface area contributed by atoms with E-state index in [-0.39, 0.29) is 37.2 Å². The molecule has 2 fully saturated rings. The van der Waals surface area contributed by atoms with E-state index in [1.54, 1.807) is 24.3 Å². The molecule has 0 spiro atoms. The molecule has 3 heterocycles. The number of aromatic nitrogens is 2. The minimum absolute atomic E-state index is 0.189. The first-order valence-corrected chi connectivity index (χ1v) is 12.0. The average molecular weight is 510 g/mol. The molecular weight excluding hydrogens is 489 g/mol. The molecule has 1 unspecified atom stereocenters. The second-order valence-electron chi connectivity index (χ2n) is 9.33. The number of carbonyl (C=O) groups is 3. The third-order valence-corrected chi connectivity index (χ3v) is 7.37. The van der Waals surface area contributed by atoms with Crippen molar-refractivity contribution in [3.05, 3.63) is 63.7 Å². The molecule has 184 valence electrons. The molecule has 0 bridgehead atoms. The van der Waals surface area contributed by atoms with Crippen molar-refractivity contribution in [1.82, 2.24) is 20.4 Å². The number of nitrogens with zero attached hydrogens (tertiary/aromatic N) is 3. The van der Waals surface area contributed by atoms with Gasteiger partial charge in [-0.15, -0.1) is 5.10 Å². The summed E-state index contributed by atoms with van der Waals surface area (Å²) in [6.45, 7) is -0.329. The normalized spacial score (nSPS) is 20.3. The first-order valence-electron chi connectivity index (χ1n) is 11.6. The summed E-state index contributed by atoms with van der Waals surface area (Å²) in [6, 6.07) is 9.93. The average Bonchev–Trinajstić information content (AvgIpc) is 3.37. The number of rotatable bonds is 6. The van der Waals surface area contributed by atoms with Crippen molar-refractivity contribution in [1.29, 1.82) is 0 Å². The zero-order valence-corrected chi connectivity index (χ0v) is 19.8. The highest BCUT2D eigenvalue weighted by molar-refractivity contribution is 6.32. The molecule has 1 saturated carbocycles. The second kappa shape index (κ2) is 8.41. The monoisotopic (exact) mass is 509 g/mol. The predicted molar refractivity (Wildman–Crippen MR) is 127 cm³/mol. The smallest absolute Gasteiger partial charge is 0.316 e. The van der Waals surface area contributed by atoms with Gasteiger partial charge < -0.3 is 14.6 Å². The Morgan fingerprint density at radius 3 is 2.64 bits per heavy atom. The van der Waals surface area contributed by atoms with Crippen molar-refractivity contribution in [3.8, 4) is 11.5 Å². The molecule has 3 amide bonds. The van der Waals surface area contributed by atoms with Crippen LogP contribution in [0.15, 0.2) is 40.8 Å². The molecule has 0 radical (unpaired) electrons. The Bertz CT molecular complexity index is 1400. The molecule has 9 nitrogen and oxygen atoms in total. The van der Waals surface area contributed by atoms with E-state index in [0.29, 0.717) is 33.2 Å². The first kappa shape index (κ1) is 22.7. The van der Waals surface area contributed by atoms with E-state index in [0.717, 1.165) is 18.4 Å². The summed E-state index contributed by atoms with van der Waals surface area (Å²) in [6.07, 6.45) is 2.03. The number of fused-ring (bicyclic) bond motifs is 1. The second-order valence-corrected chi connectivity index (χ2v) is 9.74. The van der Waals surface area contributed by atoms with Gasteiger partial charge in [-0.25, -0.2) is 4.39 Å². The predicted octanol–water partition coefficient (Wildman–Crippen LogP) is 3.72. The van der Waals surface area contributed by atoms with Crippen LogP contribution in [0, 0.1) is 0 Å². The van der Waals surface area contributed by atoms with Gasteiger partial charge in [0.15, 0.2) is 0 Å². The summed E-state index contributed by atoms with van der Waals surface area (Å²) < 4.78 is 18.6. The van der Waals surface area contributed by atoms with Gasteiger partial charge in [-0.2, -0.15) is 0 Å². The standard InChI is InChI=1S/C25H21ClFN5O4/c26-18-10-15(9-16-17(18)12-32(23(16)35)19-5-6-20(33)28-21(19)34)25(7-8-25)29-24-31-30-22(36-24)14-3-1-13(11-27)2-4-14/h1-4,9-10,19H,5-8,11-12H2,(H,29,31)(H,28,33,34). The van der Waals surface area contributed by atoms with Crippen LogP contribution in [0.25, 0.3) is 11.5 Å². The number of imide groups is 1. The highest BCUT2D eigenvalue weighted by Gasteiger charge is 2.48. The molecule has 6 rings (SSSR count). The lowest BCUT2D eigenvalue weighted by Gasteiger charge is -2.29. The first-order chi connectivity index (χ1) is 17.4. The Balaban J connectivity index is 1.23. The van der Waals surface area contributed by atoms with Gasteiger partial charge in [0.2, 0.25) is 17.7 Å². The van der Waals surface area contributed by atoms with E-state index in [1.807, 2.05) is 12.1 Å². The molecule has 1 aromatic heterocycles. The molecule has 36 heavy (non-hydrogen) atoms. The molecule has 1 saturated heterocycles. The van der Waals surface area contributed by atoms with Gasteiger partial charge in [-0.05, 0) is 54.7 Å². The number of nitrogens with one attached hydrogen (secondary N) is 2. The van der Waals surface area contributed by atoms with Crippen LogP contribution >= 0.6 is 11.6 Å². The van der Waals surface area contributed by atoms with E-state index in [1.165, 1.54) is 4.90 Å². The number of anilines is 1. The lowest BCUT2D eigenvalue weighted by molar-refractivity contribution is -0.136. The van der Waals surface area contributed by atoms with Crippen molar-refractivity contribution in [2.75, 3.05) is 5.32 Å². The number of benzene rings is 2. The lowest BCUT2D eigenvalue weighted by atomic mass is 9.99. The lowest BCUT2D eigenvalue weighted by Crippen LogP contribution is -2.52. The van der Waals surface area contributed by atoms with Crippen LogP contribution in [-0.4, -0.2) is 38.9 Å². The summed E-state index contributed by atoms with van der Waals surface area (Å²) in [7, 11) is 0. The van der Waals surface area contributed by atoms with Crippen molar-refractivity contribution < 1.29 is 23.2 Å². The number of alkyl halides is 1. The number of piperidine rings is 1. The van der Waals surface area contributed by atoms with Crippen LogP contribution in [0.3, 0.4) is 0 Å². The number of hydrogen-bond donors (Lipinski definition) is 2. The number of halogens is 2. The fraction of sp³-hybridized carbons (Fsp3) is 0.320. The third kappa shape index (κ3) is 3.81. The van der Waals surface area contributed by atoms with Gasteiger partial charge in [-0.1, -0.05) is 28.8 Å². The Morgan fingerprint density at radius 2 is 1.94 bits per heavy atom. The Hall–Kier alpha value is -3.79. The van der Waals surface area contributed by atoms with Crippen molar-refractivity contribution >= 4 is 35.3 Å². The number of carbonyl (C=O) groups excluding carboxylic acids is 3. The van der Waals surface area contributed by atoms with E-state index >= 15 is 0 Å². The van der Waals surface area contributed by atoms with Crippen LogP contribution in [0.2, 0.25) is 5.02 Å². The fourth-order valence-electron chi connectivity index (χ4n) is 4.83. The van der Waals surface area contributed by atoms with E-state index < -0.39 is 24.2 Å². The largest absolute Gasteiger partial charge is 0.403 e. The SMILES string of the molecule is O=C1CCC(N2Cc3c(Cl)cc(C4(Nc5nnc(-c6ccc(CF)cc6)o5)CC4)cc3C2=O)C(=O)N1. The van der Waals surface area contributed by atoms with Gasteiger partial charge in [0, 0.05) is 34.7 Å². The Kier molecular flexibility index (Phi) is 5.29. The van der Waals surface area contributed by atoms with Crippen LogP contribution in [0.5, 0.6) is 0 Å². The zero-order valence-electron chi connectivity index (χ0n) is 19.0. The number of amides is 3. The summed E-state index contributed by atoms with van der Waals surface area (Å²) >= 11 is 6.61. The maximum absolute atomic E-state index is 13.3. The highest BCUT2D eigenvalue weighted by Crippen LogP contribution is 2.50. The van der Waals surface area contributed by atoms with Gasteiger partial charge in [0.25, 0.3) is 5.91 Å². The summed E-state index contributed by atoms with van der Waals surface area (Å²) in [4.78, 5) is 38.6. The van der Waals surface area contributed by atoms with Crippen LogP contribution < -0.4 is 10.6 Å². The van der Waals surface area contributed by atoms with Crippen molar-refractivity contribution in [3.63, 3.8) is 0 Å². The minimum atomic E-state index is -0.703. The van der Waals surface area contributed by atoms with Crippen molar-refractivity contribution in [2.45, 2.75) is 50.5 Å². The summed E-state index contributed by atoms with van der Waals surface area (Å²) in [5, 5.41) is 14.2. The zero-order chi connectivity index (χ0) is 25.0. The molecular formula is C25H21ClFN5O4. The minimum Gasteiger partial charge on any atom is -0.403 e. The molecule has 3 aliphatic rings. The molecule has 2 aromatic carbocycles. The van der Waals surface area contributed by atoms with Gasteiger partial charge in [-0.3, -0.25) is 19.7 Å². The summed E-state index contributed by atoms with van der Waals surface area (Å²) in [5.74, 6) is -0.768. The molecule has 11 heteroatoms. The molecule has 3 aromatic rings. The highest BCUT2D eigenvalue weighted by atomic mass is 35.5. The van der Waals surface area contributed by atoms with E-state index in [9.17, 15) is 18.8 Å². The quantitative estimate of drug-likeness (QED) is 0.486. The van der Waals surface area contributed by atoms with Crippen LogP contribution in [0.4, 0.5) is 10.4 Å². The summed E-state index contributed by atoms with van der Waals surface area (Å²) in [5.41, 5.74) is 2.67. The maximum Gasteiger partial charge on any atom is 0.316 e. The topological polar surface area (TPSA) is 117 Å². The fourth-order valence-corrected chi connectivity index (χ4v) is 5.11. The third-order valence-electron chi connectivity index (χ3n) is 7.03. The van der Waals surface area contributed by atoms with Gasteiger partial charge in [0.1, 0.15) is 12.7 Å². The molecule has 1 aliphatic carbocycles. The molecule has 2 aliphatic heterocycles. The van der Waals surface area contributed by atoms with E-state index in [4.69, 9.17) is 16.0 Å². The molecule has 2 N–H and O–H groups in total. The molecule has 1 atom stereocenters. The maximum atomic E-state index is 13.3. The van der Waals surface area contributed by atoms with Crippen LogP contribution in [0.1, 0.15) is 52.7 Å². The van der Waals surface area contributed by atoms with Gasteiger partial charge in [0.05, 0.1) is 5.54 Å². The number of hydrogen-bond acceptors (Lipinski definition) is 7. The van der Waals surface area contributed by atoms with Gasteiger partial charge >= 0.3 is 6.01 Å².